The molecule has 3 nitrogen and oxygen atoms in total. The zero-order valence-electron chi connectivity index (χ0n) is 15.8. The summed E-state index contributed by atoms with van der Waals surface area (Å²) in [5.74, 6) is 0. The Hall–Kier alpha value is -1.51. The van der Waals surface area contributed by atoms with Crippen LogP contribution in [0.2, 0.25) is 0 Å². The van der Waals surface area contributed by atoms with Crippen LogP contribution in [-0.2, 0) is 11.0 Å². The number of aryl methyl sites for hydroxylation is 2. The minimum atomic E-state index is -0.262. The van der Waals surface area contributed by atoms with Gasteiger partial charge < -0.3 is 0 Å². The quantitative estimate of drug-likeness (QED) is 0.709. The molecule has 0 amide bonds. The van der Waals surface area contributed by atoms with Crippen LogP contribution in [0.25, 0.3) is 5.52 Å². The van der Waals surface area contributed by atoms with Gasteiger partial charge in [0.1, 0.15) is 0 Å². The van der Waals surface area contributed by atoms with E-state index in [1.807, 2.05) is 4.68 Å². The molecule has 0 aromatic carbocycles. The van der Waals surface area contributed by atoms with Crippen LogP contribution in [0.15, 0.2) is 4.79 Å². The maximum absolute atomic E-state index is 13.3. The van der Waals surface area contributed by atoms with E-state index in [1.54, 1.807) is 0 Å². The molecule has 0 aliphatic rings. The van der Waals surface area contributed by atoms with Gasteiger partial charge in [0.25, 0.3) is 5.56 Å². The van der Waals surface area contributed by atoms with Crippen LogP contribution in [-0.4, -0.2) is 9.20 Å². The maximum atomic E-state index is 13.3. The normalized spacial score (nSPS) is 13.2. The first-order chi connectivity index (χ1) is 9.80. The van der Waals surface area contributed by atoms with E-state index < -0.39 is 0 Å². The van der Waals surface area contributed by atoms with E-state index in [0.29, 0.717) is 0 Å². The summed E-state index contributed by atoms with van der Waals surface area (Å²) < 4.78 is 4.08. The van der Waals surface area contributed by atoms with Gasteiger partial charge in [-0.25, -0.2) is 4.68 Å². The molecule has 0 unspecified atom stereocenters. The lowest BCUT2D eigenvalue weighted by atomic mass is 9.86. The molecule has 0 N–H and O–H groups in total. The van der Waals surface area contributed by atoms with Gasteiger partial charge in [-0.3, -0.25) is 9.31 Å². The Labute approximate surface area is 133 Å². The van der Waals surface area contributed by atoms with E-state index in [0.717, 1.165) is 16.8 Å². The molecule has 0 aliphatic carbocycles. The van der Waals surface area contributed by atoms with Gasteiger partial charge in [0.2, 0.25) is 0 Å². The topological polar surface area (TPSA) is 26.4 Å². The van der Waals surface area contributed by atoms with Gasteiger partial charge in [-0.2, -0.15) is 0 Å². The van der Waals surface area contributed by atoms with Crippen molar-refractivity contribution in [2.24, 2.45) is 0 Å². The number of rotatable bonds is 0. The zero-order chi connectivity index (χ0) is 17.2. The van der Waals surface area contributed by atoms with Crippen molar-refractivity contribution < 1.29 is 0 Å². The third kappa shape index (κ3) is 2.22. The third-order valence-corrected chi connectivity index (χ3v) is 4.78. The first-order valence-electron chi connectivity index (χ1n) is 8.05. The van der Waals surface area contributed by atoms with Crippen molar-refractivity contribution in [3.8, 4) is 0 Å². The monoisotopic (exact) mass is 302 g/mol. The van der Waals surface area contributed by atoms with E-state index in [4.69, 9.17) is 0 Å². The van der Waals surface area contributed by atoms with Crippen LogP contribution in [0, 0.1) is 27.7 Å². The van der Waals surface area contributed by atoms with E-state index in [9.17, 15) is 4.79 Å². The molecular formula is C19H30N2O. The van der Waals surface area contributed by atoms with E-state index in [2.05, 4.69) is 73.8 Å². The van der Waals surface area contributed by atoms with Crippen LogP contribution >= 0.6 is 0 Å². The summed E-state index contributed by atoms with van der Waals surface area (Å²) in [6.07, 6.45) is 0. The Kier molecular flexibility index (Phi) is 3.63. The predicted octanol–water partition coefficient (Wildman–Crippen LogP) is 4.39. The number of hydrogen-bond donors (Lipinski definition) is 0. The van der Waals surface area contributed by atoms with Crippen LogP contribution in [0.1, 0.15) is 69.5 Å². The van der Waals surface area contributed by atoms with Crippen molar-refractivity contribution in [3.63, 3.8) is 0 Å². The van der Waals surface area contributed by atoms with Crippen molar-refractivity contribution in [3.05, 3.63) is 38.3 Å². The van der Waals surface area contributed by atoms with Crippen molar-refractivity contribution in [1.29, 1.82) is 0 Å². The van der Waals surface area contributed by atoms with Crippen molar-refractivity contribution >= 4 is 5.52 Å². The van der Waals surface area contributed by atoms with Gasteiger partial charge in [-0.1, -0.05) is 20.8 Å². The minimum absolute atomic E-state index is 0.135. The largest absolute Gasteiger partial charge is 0.271 e. The summed E-state index contributed by atoms with van der Waals surface area (Å²) in [6, 6.07) is 0. The molecule has 0 atom stereocenters. The van der Waals surface area contributed by atoms with Crippen molar-refractivity contribution in [2.45, 2.75) is 80.2 Å². The molecule has 0 saturated heterocycles. The second-order valence-corrected chi connectivity index (χ2v) is 8.53. The number of hydrogen-bond acceptors (Lipinski definition) is 1. The average molecular weight is 302 g/mol. The number of pyridine rings is 1. The molecular weight excluding hydrogens is 272 g/mol. The molecule has 0 radical (unpaired) electrons. The fourth-order valence-electron chi connectivity index (χ4n) is 3.34. The van der Waals surface area contributed by atoms with E-state index in [1.165, 1.54) is 16.7 Å². The first kappa shape index (κ1) is 16.9. The van der Waals surface area contributed by atoms with Gasteiger partial charge in [-0.15, -0.1) is 0 Å². The molecule has 2 aromatic rings. The third-order valence-electron chi connectivity index (χ3n) is 4.78. The van der Waals surface area contributed by atoms with Crippen molar-refractivity contribution in [2.75, 3.05) is 0 Å². The Morgan fingerprint density at radius 2 is 1.27 bits per heavy atom. The SMILES string of the molecule is Cc1c(C)c(C)n2c(c1C)c(C(C)(C)C)c(=O)n2C(C)(C)C. The second kappa shape index (κ2) is 4.74. The number of nitrogens with zero attached hydrogens (tertiary/aromatic N) is 2. The van der Waals surface area contributed by atoms with E-state index in [-0.39, 0.29) is 16.5 Å². The number of fused-ring (bicyclic) bond motifs is 1. The Balaban J connectivity index is 3.26. The zero-order valence-corrected chi connectivity index (χ0v) is 15.8. The fourth-order valence-corrected chi connectivity index (χ4v) is 3.34. The van der Waals surface area contributed by atoms with E-state index >= 15 is 0 Å². The van der Waals surface area contributed by atoms with Gasteiger partial charge >= 0.3 is 0 Å². The van der Waals surface area contributed by atoms with Gasteiger partial charge in [0.15, 0.2) is 0 Å². The molecule has 2 rings (SSSR count). The first-order valence-corrected chi connectivity index (χ1v) is 8.05. The Morgan fingerprint density at radius 3 is 1.68 bits per heavy atom. The van der Waals surface area contributed by atoms with Crippen molar-refractivity contribution in [1.82, 2.24) is 9.20 Å². The maximum Gasteiger partial charge on any atom is 0.271 e. The van der Waals surface area contributed by atoms with Crippen LogP contribution in [0.5, 0.6) is 0 Å². The Bertz CT molecular complexity index is 740. The van der Waals surface area contributed by atoms with Crippen LogP contribution in [0.3, 0.4) is 0 Å². The predicted molar refractivity (Wildman–Crippen MR) is 94.3 cm³/mol. The molecule has 2 heterocycles. The molecule has 22 heavy (non-hydrogen) atoms. The molecule has 0 fully saturated rings. The summed E-state index contributed by atoms with van der Waals surface area (Å²) in [4.78, 5) is 13.3. The lowest BCUT2D eigenvalue weighted by Gasteiger charge is -2.24. The standard InChI is InChI=1S/C19H30N2O/c1-11-12(2)14(4)20-16(13(11)3)15(18(5,6)7)17(22)21(20)19(8,9)10/h1-10H3. The highest BCUT2D eigenvalue weighted by molar-refractivity contribution is 5.66. The van der Waals surface area contributed by atoms with Gasteiger partial charge in [0.05, 0.1) is 16.6 Å². The highest BCUT2D eigenvalue weighted by Gasteiger charge is 2.31. The highest BCUT2D eigenvalue weighted by Crippen LogP contribution is 2.32. The fraction of sp³-hybridized carbons (Fsp3) is 0.632. The molecule has 122 valence electrons. The lowest BCUT2D eigenvalue weighted by Crippen LogP contribution is -2.37. The summed E-state index contributed by atoms with van der Waals surface area (Å²) in [5.41, 5.74) is 6.62. The highest BCUT2D eigenvalue weighted by atomic mass is 16.1. The van der Waals surface area contributed by atoms with Gasteiger partial charge in [-0.05, 0) is 70.6 Å². The summed E-state index contributed by atoms with van der Waals surface area (Å²) in [7, 11) is 0. The summed E-state index contributed by atoms with van der Waals surface area (Å²) in [5, 5.41) is 0. The average Bonchev–Trinajstić information content (AvgIpc) is 2.66. The van der Waals surface area contributed by atoms with Crippen LogP contribution < -0.4 is 5.56 Å². The van der Waals surface area contributed by atoms with Crippen LogP contribution in [0.4, 0.5) is 0 Å². The molecule has 2 aromatic heterocycles. The number of aromatic nitrogens is 2. The summed E-state index contributed by atoms with van der Waals surface area (Å²) >= 11 is 0. The van der Waals surface area contributed by atoms with Gasteiger partial charge in [0, 0.05) is 5.69 Å². The molecule has 0 spiro atoms. The molecule has 0 saturated carbocycles. The minimum Gasteiger partial charge on any atom is -0.267 e. The molecule has 3 heteroatoms. The summed E-state index contributed by atoms with van der Waals surface area (Å²) in [6.45, 7) is 21.2. The Morgan fingerprint density at radius 1 is 0.773 bits per heavy atom. The molecule has 0 aliphatic heterocycles. The lowest BCUT2D eigenvalue weighted by molar-refractivity contribution is 0.325. The smallest absolute Gasteiger partial charge is 0.267 e. The molecule has 0 bridgehead atoms. The second-order valence-electron chi connectivity index (χ2n) is 8.53.